The van der Waals surface area contributed by atoms with Gasteiger partial charge in [0.15, 0.2) is 12.3 Å². The number of aromatic nitrogens is 3. The van der Waals surface area contributed by atoms with E-state index in [-0.39, 0.29) is 12.3 Å². The third kappa shape index (κ3) is 4.62. The van der Waals surface area contributed by atoms with Gasteiger partial charge in [-0.25, -0.2) is 14.3 Å². The number of hydrogen-bond acceptors (Lipinski definition) is 6. The molecular formula is C21H25N5O4. The molecule has 30 heavy (non-hydrogen) atoms. The SMILES string of the molecule is O=C(O)COc1cccc(N2CCN(CCCn3nc4ccccn4c3=O)CC2)c1. The average Bonchev–Trinajstić information content (AvgIpc) is 3.09. The highest BCUT2D eigenvalue weighted by Crippen LogP contribution is 2.22. The van der Waals surface area contributed by atoms with Crippen molar-refractivity contribution in [2.24, 2.45) is 0 Å². The smallest absolute Gasteiger partial charge is 0.350 e. The normalized spacial score (nSPS) is 14.9. The number of benzene rings is 1. The molecule has 3 heterocycles. The highest BCUT2D eigenvalue weighted by atomic mass is 16.5. The largest absolute Gasteiger partial charge is 0.482 e. The molecule has 1 aromatic carbocycles. The van der Waals surface area contributed by atoms with Gasteiger partial charge in [-0.05, 0) is 30.7 Å². The topological polar surface area (TPSA) is 92.3 Å². The van der Waals surface area contributed by atoms with Gasteiger partial charge in [0.1, 0.15) is 5.75 Å². The van der Waals surface area contributed by atoms with E-state index in [4.69, 9.17) is 9.84 Å². The molecule has 1 saturated heterocycles. The number of anilines is 1. The fourth-order valence-corrected chi connectivity index (χ4v) is 3.70. The zero-order chi connectivity index (χ0) is 20.9. The van der Waals surface area contributed by atoms with Crippen LogP contribution in [0.15, 0.2) is 53.5 Å². The summed E-state index contributed by atoms with van der Waals surface area (Å²) in [5.41, 5.74) is 1.61. The standard InChI is InChI=1S/C21H25N5O4/c27-20(28)16-30-18-6-3-5-17(15-18)24-13-11-23(12-14-24)8-4-10-26-21(29)25-9-2-1-7-19(25)22-26/h1-3,5-7,9,15H,4,8,10-14,16H2,(H,27,28). The second kappa shape index (κ2) is 9.00. The number of hydrogen-bond donors (Lipinski definition) is 1. The van der Waals surface area contributed by atoms with Crippen molar-refractivity contribution >= 4 is 17.3 Å². The van der Waals surface area contributed by atoms with Gasteiger partial charge in [0.2, 0.25) is 0 Å². The van der Waals surface area contributed by atoms with Gasteiger partial charge in [0.25, 0.3) is 0 Å². The minimum atomic E-state index is -0.986. The first-order valence-corrected chi connectivity index (χ1v) is 10.1. The summed E-state index contributed by atoms with van der Waals surface area (Å²) < 4.78 is 8.37. The van der Waals surface area contributed by atoms with E-state index in [0.29, 0.717) is 17.9 Å². The van der Waals surface area contributed by atoms with Crippen LogP contribution in [0.1, 0.15) is 6.42 Å². The van der Waals surface area contributed by atoms with Gasteiger partial charge in [0, 0.05) is 57.2 Å². The van der Waals surface area contributed by atoms with Crippen LogP contribution in [-0.2, 0) is 11.3 Å². The van der Waals surface area contributed by atoms with Gasteiger partial charge in [-0.3, -0.25) is 9.30 Å². The van der Waals surface area contributed by atoms with E-state index in [1.165, 1.54) is 4.68 Å². The number of carbonyl (C=O) groups is 1. The molecule has 0 radical (unpaired) electrons. The molecule has 2 aromatic heterocycles. The van der Waals surface area contributed by atoms with Crippen LogP contribution in [0, 0.1) is 0 Å². The number of fused-ring (bicyclic) bond motifs is 1. The Bertz CT molecular complexity index is 1070. The minimum absolute atomic E-state index is 0.0968. The van der Waals surface area contributed by atoms with Crippen molar-refractivity contribution in [2.75, 3.05) is 44.2 Å². The Hall–Kier alpha value is -3.33. The number of pyridine rings is 1. The van der Waals surface area contributed by atoms with Gasteiger partial charge in [-0.15, -0.1) is 5.10 Å². The molecule has 1 aliphatic heterocycles. The molecule has 3 aromatic rings. The fraction of sp³-hybridized carbons (Fsp3) is 0.381. The van der Waals surface area contributed by atoms with Gasteiger partial charge >= 0.3 is 11.7 Å². The van der Waals surface area contributed by atoms with Crippen LogP contribution in [0.25, 0.3) is 5.65 Å². The maximum absolute atomic E-state index is 12.3. The van der Waals surface area contributed by atoms with Crippen molar-refractivity contribution in [2.45, 2.75) is 13.0 Å². The van der Waals surface area contributed by atoms with Crippen LogP contribution >= 0.6 is 0 Å². The minimum Gasteiger partial charge on any atom is -0.482 e. The zero-order valence-corrected chi connectivity index (χ0v) is 16.7. The molecule has 0 aliphatic carbocycles. The van der Waals surface area contributed by atoms with Crippen LogP contribution in [0.2, 0.25) is 0 Å². The van der Waals surface area contributed by atoms with E-state index in [1.807, 2.05) is 36.4 Å². The summed E-state index contributed by atoms with van der Waals surface area (Å²) in [6.07, 6.45) is 2.60. The molecule has 1 N–H and O–H groups in total. The van der Waals surface area contributed by atoms with E-state index in [1.54, 1.807) is 16.7 Å². The first-order valence-electron chi connectivity index (χ1n) is 10.1. The van der Waals surface area contributed by atoms with Crippen molar-refractivity contribution in [1.29, 1.82) is 0 Å². The lowest BCUT2D eigenvalue weighted by Crippen LogP contribution is -2.46. The average molecular weight is 411 g/mol. The van der Waals surface area contributed by atoms with Crippen molar-refractivity contribution in [1.82, 2.24) is 19.1 Å². The molecule has 158 valence electrons. The van der Waals surface area contributed by atoms with E-state index < -0.39 is 5.97 Å². The first-order chi connectivity index (χ1) is 14.6. The summed E-state index contributed by atoms with van der Waals surface area (Å²) >= 11 is 0. The third-order valence-corrected chi connectivity index (χ3v) is 5.25. The lowest BCUT2D eigenvalue weighted by Gasteiger charge is -2.36. The second-order valence-corrected chi connectivity index (χ2v) is 7.30. The first kappa shape index (κ1) is 20.0. The predicted molar refractivity (Wildman–Crippen MR) is 112 cm³/mol. The van der Waals surface area contributed by atoms with Gasteiger partial charge < -0.3 is 14.7 Å². The molecule has 9 nitrogen and oxygen atoms in total. The number of ether oxygens (including phenoxy) is 1. The Balaban J connectivity index is 1.26. The number of rotatable bonds is 8. The molecule has 0 spiro atoms. The number of aliphatic carboxylic acids is 1. The zero-order valence-electron chi connectivity index (χ0n) is 16.7. The summed E-state index contributed by atoms with van der Waals surface area (Å²) in [5, 5.41) is 13.1. The molecule has 0 atom stereocenters. The summed E-state index contributed by atoms with van der Waals surface area (Å²) in [5.74, 6) is -0.421. The van der Waals surface area contributed by atoms with Crippen molar-refractivity contribution in [3.05, 3.63) is 59.1 Å². The lowest BCUT2D eigenvalue weighted by molar-refractivity contribution is -0.139. The highest BCUT2D eigenvalue weighted by Gasteiger charge is 2.17. The monoisotopic (exact) mass is 411 g/mol. The summed E-state index contributed by atoms with van der Waals surface area (Å²) in [6, 6.07) is 13.1. The maximum Gasteiger partial charge on any atom is 0.350 e. The van der Waals surface area contributed by atoms with Crippen molar-refractivity contribution in [3.63, 3.8) is 0 Å². The Kier molecular flexibility index (Phi) is 5.99. The lowest BCUT2D eigenvalue weighted by atomic mass is 10.2. The Morgan fingerprint density at radius 1 is 1.07 bits per heavy atom. The highest BCUT2D eigenvalue weighted by molar-refractivity contribution is 5.68. The quantitative estimate of drug-likeness (QED) is 0.595. The Morgan fingerprint density at radius 2 is 1.90 bits per heavy atom. The number of aryl methyl sites for hydroxylation is 1. The van der Waals surface area contributed by atoms with E-state index in [0.717, 1.165) is 44.8 Å². The molecule has 0 bridgehead atoms. The van der Waals surface area contributed by atoms with E-state index in [2.05, 4.69) is 14.9 Å². The van der Waals surface area contributed by atoms with Gasteiger partial charge in [-0.1, -0.05) is 12.1 Å². The molecule has 0 saturated carbocycles. The summed E-state index contributed by atoms with van der Waals surface area (Å²) in [4.78, 5) is 27.7. The maximum atomic E-state index is 12.3. The Labute approximate surface area is 173 Å². The number of carboxylic acid groups (broad SMARTS) is 1. The predicted octanol–water partition coefficient (Wildman–Crippen LogP) is 1.17. The fourth-order valence-electron chi connectivity index (χ4n) is 3.70. The van der Waals surface area contributed by atoms with E-state index >= 15 is 0 Å². The molecule has 0 unspecified atom stereocenters. The van der Waals surface area contributed by atoms with Crippen LogP contribution in [0.5, 0.6) is 5.75 Å². The van der Waals surface area contributed by atoms with Crippen LogP contribution in [0.3, 0.4) is 0 Å². The van der Waals surface area contributed by atoms with Crippen molar-refractivity contribution in [3.8, 4) is 5.75 Å². The van der Waals surface area contributed by atoms with Crippen LogP contribution in [-0.4, -0.2) is 69.5 Å². The molecule has 0 amide bonds. The van der Waals surface area contributed by atoms with Crippen LogP contribution in [0.4, 0.5) is 5.69 Å². The molecule has 4 rings (SSSR count). The summed E-state index contributed by atoms with van der Waals surface area (Å²) in [7, 11) is 0. The Morgan fingerprint density at radius 3 is 2.67 bits per heavy atom. The molecule has 9 heteroatoms. The number of nitrogens with zero attached hydrogens (tertiary/aromatic N) is 5. The molecule has 1 fully saturated rings. The number of piperazine rings is 1. The number of carboxylic acids is 1. The third-order valence-electron chi connectivity index (χ3n) is 5.25. The summed E-state index contributed by atoms with van der Waals surface area (Å²) in [6.45, 7) is 4.81. The second-order valence-electron chi connectivity index (χ2n) is 7.30. The van der Waals surface area contributed by atoms with Crippen molar-refractivity contribution < 1.29 is 14.6 Å². The van der Waals surface area contributed by atoms with E-state index in [9.17, 15) is 9.59 Å². The van der Waals surface area contributed by atoms with Gasteiger partial charge in [-0.2, -0.15) is 0 Å². The van der Waals surface area contributed by atoms with Gasteiger partial charge in [0.05, 0.1) is 0 Å². The van der Waals surface area contributed by atoms with Crippen LogP contribution < -0.4 is 15.3 Å². The molecular weight excluding hydrogens is 386 g/mol. The molecule has 1 aliphatic rings.